The molecule has 1 amide bonds. The number of rotatable bonds is 2. The molecular weight excluding hydrogens is 268 g/mol. The largest absolute Gasteiger partial charge is 0.453 e. The number of nitrogens with one attached hydrogen (secondary N) is 1. The summed E-state index contributed by atoms with van der Waals surface area (Å²) in [5, 5.41) is 11.9. The number of carbonyl (C=O) groups excluding carboxylic acids is 1. The van der Waals surface area contributed by atoms with Crippen molar-refractivity contribution >= 4 is 23.5 Å². The van der Waals surface area contributed by atoms with E-state index in [1.807, 2.05) is 11.0 Å². The van der Waals surface area contributed by atoms with Crippen LogP contribution in [0.5, 0.6) is 0 Å². The molecule has 1 aromatic rings. The van der Waals surface area contributed by atoms with E-state index in [9.17, 15) is 4.79 Å². The number of carbonyl (C=O) groups is 1. The molecule has 1 saturated heterocycles. The highest BCUT2D eigenvalue weighted by Crippen LogP contribution is 2.22. The normalized spacial score (nSPS) is 17.9. The van der Waals surface area contributed by atoms with Crippen molar-refractivity contribution in [1.82, 2.24) is 10.3 Å². The van der Waals surface area contributed by atoms with Crippen molar-refractivity contribution < 1.29 is 9.53 Å². The molecular formula is C12H13ClN4O2. The fourth-order valence-corrected chi connectivity index (χ4v) is 2.23. The Morgan fingerprint density at radius 1 is 1.68 bits per heavy atom. The van der Waals surface area contributed by atoms with Crippen LogP contribution in [0.3, 0.4) is 0 Å². The van der Waals surface area contributed by atoms with E-state index in [4.69, 9.17) is 16.9 Å². The molecule has 1 aromatic heterocycles. The summed E-state index contributed by atoms with van der Waals surface area (Å²) in [6.45, 7) is 1.36. The predicted octanol–water partition coefficient (Wildman–Crippen LogP) is 1.54. The average Bonchev–Trinajstić information content (AvgIpc) is 2.86. The van der Waals surface area contributed by atoms with Crippen LogP contribution in [0.2, 0.25) is 5.15 Å². The van der Waals surface area contributed by atoms with Crippen molar-refractivity contribution in [2.24, 2.45) is 0 Å². The molecule has 0 radical (unpaired) electrons. The van der Waals surface area contributed by atoms with Crippen LogP contribution in [0.25, 0.3) is 0 Å². The molecule has 2 heterocycles. The van der Waals surface area contributed by atoms with Gasteiger partial charge in [-0.1, -0.05) is 11.6 Å². The Labute approximate surface area is 115 Å². The standard InChI is InChI=1S/C12H13ClN4O2/c1-19-12(18)15-9-2-3-17(7-9)11-5-8(6-14)4-10(13)16-11/h4-5,9H,2-3,7H2,1H3,(H,15,18). The maximum atomic E-state index is 11.1. The van der Waals surface area contributed by atoms with Gasteiger partial charge in [-0.3, -0.25) is 0 Å². The first-order valence-electron chi connectivity index (χ1n) is 5.79. The van der Waals surface area contributed by atoms with Gasteiger partial charge in [0.05, 0.1) is 24.8 Å². The molecule has 1 aliphatic rings. The number of alkyl carbamates (subject to hydrolysis) is 1. The van der Waals surface area contributed by atoms with Gasteiger partial charge in [0.1, 0.15) is 11.0 Å². The van der Waals surface area contributed by atoms with Crippen LogP contribution in [0.4, 0.5) is 10.6 Å². The minimum Gasteiger partial charge on any atom is -0.453 e. The first-order valence-corrected chi connectivity index (χ1v) is 6.17. The van der Waals surface area contributed by atoms with Gasteiger partial charge >= 0.3 is 6.09 Å². The zero-order valence-electron chi connectivity index (χ0n) is 10.4. The lowest BCUT2D eigenvalue weighted by atomic mass is 10.3. The number of anilines is 1. The number of hydrogen-bond acceptors (Lipinski definition) is 5. The molecule has 19 heavy (non-hydrogen) atoms. The topological polar surface area (TPSA) is 78.2 Å². The summed E-state index contributed by atoms with van der Waals surface area (Å²) >= 11 is 5.87. The Balaban J connectivity index is 2.06. The highest BCUT2D eigenvalue weighted by atomic mass is 35.5. The van der Waals surface area contributed by atoms with Gasteiger partial charge in [0.15, 0.2) is 0 Å². The number of methoxy groups -OCH3 is 1. The molecule has 2 rings (SSSR count). The molecule has 1 atom stereocenters. The van der Waals surface area contributed by atoms with Gasteiger partial charge in [0.2, 0.25) is 0 Å². The van der Waals surface area contributed by atoms with Gasteiger partial charge in [-0.25, -0.2) is 9.78 Å². The summed E-state index contributed by atoms with van der Waals surface area (Å²) in [5.41, 5.74) is 0.472. The smallest absolute Gasteiger partial charge is 0.407 e. The predicted molar refractivity (Wildman–Crippen MR) is 70.1 cm³/mol. The fraction of sp³-hybridized carbons (Fsp3) is 0.417. The van der Waals surface area contributed by atoms with Gasteiger partial charge in [-0.15, -0.1) is 0 Å². The first-order chi connectivity index (χ1) is 9.12. The summed E-state index contributed by atoms with van der Waals surface area (Å²) in [6.07, 6.45) is 0.356. The summed E-state index contributed by atoms with van der Waals surface area (Å²) in [5.74, 6) is 0.651. The van der Waals surface area contributed by atoms with Gasteiger partial charge in [0.25, 0.3) is 0 Å². The van der Waals surface area contributed by atoms with Crippen LogP contribution in [0.15, 0.2) is 12.1 Å². The second kappa shape index (κ2) is 5.76. The van der Waals surface area contributed by atoms with E-state index in [-0.39, 0.29) is 6.04 Å². The average molecular weight is 281 g/mol. The summed E-state index contributed by atoms with van der Waals surface area (Å²) in [4.78, 5) is 17.3. The number of ether oxygens (including phenoxy) is 1. The zero-order valence-corrected chi connectivity index (χ0v) is 11.1. The molecule has 0 aliphatic carbocycles. The quantitative estimate of drug-likeness (QED) is 0.832. The SMILES string of the molecule is COC(=O)NC1CCN(c2cc(C#N)cc(Cl)n2)C1. The molecule has 1 fully saturated rings. The van der Waals surface area contributed by atoms with E-state index < -0.39 is 6.09 Å². The number of halogens is 1. The van der Waals surface area contributed by atoms with Crippen LogP contribution in [-0.4, -0.2) is 37.3 Å². The molecule has 1 unspecified atom stereocenters. The Morgan fingerprint density at radius 3 is 3.16 bits per heavy atom. The van der Waals surface area contributed by atoms with E-state index in [1.165, 1.54) is 13.2 Å². The second-order valence-electron chi connectivity index (χ2n) is 4.22. The van der Waals surface area contributed by atoms with Crippen molar-refractivity contribution in [3.63, 3.8) is 0 Å². The van der Waals surface area contributed by atoms with Crippen LogP contribution in [0, 0.1) is 11.3 Å². The van der Waals surface area contributed by atoms with E-state index in [1.54, 1.807) is 6.07 Å². The van der Waals surface area contributed by atoms with E-state index in [0.29, 0.717) is 23.1 Å². The number of amides is 1. The molecule has 6 nitrogen and oxygen atoms in total. The Kier molecular flexibility index (Phi) is 4.07. The van der Waals surface area contributed by atoms with Crippen LogP contribution in [0.1, 0.15) is 12.0 Å². The van der Waals surface area contributed by atoms with Crippen LogP contribution in [-0.2, 0) is 4.74 Å². The van der Waals surface area contributed by atoms with Crippen molar-refractivity contribution in [3.05, 3.63) is 22.8 Å². The maximum Gasteiger partial charge on any atom is 0.407 e. The third-order valence-corrected chi connectivity index (χ3v) is 3.12. The third-order valence-electron chi connectivity index (χ3n) is 2.93. The van der Waals surface area contributed by atoms with E-state index in [2.05, 4.69) is 15.0 Å². The summed E-state index contributed by atoms with van der Waals surface area (Å²) < 4.78 is 4.56. The monoisotopic (exact) mass is 280 g/mol. The van der Waals surface area contributed by atoms with Crippen molar-refractivity contribution in [1.29, 1.82) is 5.26 Å². The molecule has 7 heteroatoms. The van der Waals surface area contributed by atoms with Gasteiger partial charge < -0.3 is 15.0 Å². The van der Waals surface area contributed by atoms with Gasteiger partial charge in [-0.05, 0) is 18.6 Å². The number of aromatic nitrogens is 1. The molecule has 0 bridgehead atoms. The van der Waals surface area contributed by atoms with Gasteiger partial charge in [0, 0.05) is 13.1 Å². The molecule has 100 valence electrons. The van der Waals surface area contributed by atoms with E-state index in [0.717, 1.165) is 13.0 Å². The number of nitrogens with zero attached hydrogens (tertiary/aromatic N) is 3. The minimum atomic E-state index is -0.441. The van der Waals surface area contributed by atoms with Crippen LogP contribution >= 0.6 is 11.6 Å². The zero-order chi connectivity index (χ0) is 13.8. The summed E-state index contributed by atoms with van der Waals surface area (Å²) in [7, 11) is 1.33. The van der Waals surface area contributed by atoms with Crippen molar-refractivity contribution in [3.8, 4) is 6.07 Å². The third kappa shape index (κ3) is 3.26. The Morgan fingerprint density at radius 2 is 2.47 bits per heavy atom. The van der Waals surface area contributed by atoms with Crippen molar-refractivity contribution in [2.75, 3.05) is 25.1 Å². The highest BCUT2D eigenvalue weighted by molar-refractivity contribution is 6.29. The number of nitriles is 1. The first kappa shape index (κ1) is 13.4. The number of pyridine rings is 1. The molecule has 0 aromatic carbocycles. The lowest BCUT2D eigenvalue weighted by Crippen LogP contribution is -2.37. The summed E-state index contributed by atoms with van der Waals surface area (Å²) in [6, 6.07) is 5.26. The molecule has 0 saturated carbocycles. The maximum absolute atomic E-state index is 11.1. The number of hydrogen-bond donors (Lipinski definition) is 1. The molecule has 1 N–H and O–H groups in total. The van der Waals surface area contributed by atoms with Crippen LogP contribution < -0.4 is 10.2 Å². The second-order valence-corrected chi connectivity index (χ2v) is 4.60. The Hall–Kier alpha value is -2.00. The fourth-order valence-electron chi connectivity index (χ4n) is 2.02. The van der Waals surface area contributed by atoms with Crippen molar-refractivity contribution in [2.45, 2.75) is 12.5 Å². The minimum absolute atomic E-state index is 0.0127. The lowest BCUT2D eigenvalue weighted by Gasteiger charge is -2.18. The van der Waals surface area contributed by atoms with Gasteiger partial charge in [-0.2, -0.15) is 5.26 Å². The Bertz CT molecular complexity index is 529. The highest BCUT2D eigenvalue weighted by Gasteiger charge is 2.25. The molecule has 1 aliphatic heterocycles. The lowest BCUT2D eigenvalue weighted by molar-refractivity contribution is 0.167. The van der Waals surface area contributed by atoms with E-state index >= 15 is 0 Å². The molecule has 0 spiro atoms.